The Kier molecular flexibility index (Phi) is 7.09. The molecule has 0 spiro atoms. The predicted octanol–water partition coefficient (Wildman–Crippen LogP) is 2.96. The van der Waals surface area contributed by atoms with Gasteiger partial charge in [-0.25, -0.2) is 4.99 Å². The molecular weight excluding hydrogens is 300 g/mol. The molecule has 1 heterocycles. The molecule has 0 bridgehead atoms. The van der Waals surface area contributed by atoms with Gasteiger partial charge in [0.2, 0.25) is 5.91 Å². The van der Waals surface area contributed by atoms with Crippen molar-refractivity contribution < 1.29 is 4.79 Å². The molecule has 0 saturated carbocycles. The molecule has 1 aromatic carbocycles. The van der Waals surface area contributed by atoms with Crippen molar-refractivity contribution in [2.45, 2.75) is 33.6 Å². The van der Waals surface area contributed by atoms with E-state index < -0.39 is 0 Å². The second kappa shape index (κ2) is 9.30. The highest BCUT2D eigenvalue weighted by Crippen LogP contribution is 2.23. The summed E-state index contributed by atoms with van der Waals surface area (Å²) in [5, 5.41) is 6.19. The van der Waals surface area contributed by atoms with E-state index in [0.29, 0.717) is 0 Å². The van der Waals surface area contributed by atoms with E-state index in [1.807, 2.05) is 30.3 Å². The highest BCUT2D eigenvalue weighted by molar-refractivity contribution is 5.94. The van der Waals surface area contributed by atoms with Gasteiger partial charge >= 0.3 is 0 Å². The lowest BCUT2D eigenvalue weighted by Crippen LogP contribution is -2.40. The Hall–Kier alpha value is -2.04. The fourth-order valence-electron chi connectivity index (χ4n) is 3.18. The van der Waals surface area contributed by atoms with Crippen LogP contribution in [0, 0.1) is 11.8 Å². The topological polar surface area (TPSA) is 56.7 Å². The number of rotatable bonds is 6. The SMILES string of the molecule is CCNC(=NCC(=O)Nc1ccccc1)N1CCC(CC(C)C)C1. The van der Waals surface area contributed by atoms with Crippen LogP contribution < -0.4 is 10.6 Å². The minimum absolute atomic E-state index is 0.0884. The van der Waals surface area contributed by atoms with Gasteiger partial charge in [-0.05, 0) is 43.7 Å². The normalized spacial score (nSPS) is 18.1. The van der Waals surface area contributed by atoms with Gasteiger partial charge in [-0.2, -0.15) is 0 Å². The van der Waals surface area contributed by atoms with E-state index in [4.69, 9.17) is 0 Å². The van der Waals surface area contributed by atoms with Crippen LogP contribution in [0.4, 0.5) is 5.69 Å². The molecule has 0 radical (unpaired) electrons. The average Bonchev–Trinajstić information content (AvgIpc) is 3.00. The molecule has 0 aliphatic carbocycles. The second-order valence-corrected chi connectivity index (χ2v) is 6.81. The monoisotopic (exact) mass is 330 g/mol. The van der Waals surface area contributed by atoms with Crippen molar-refractivity contribution in [2.75, 3.05) is 31.5 Å². The minimum Gasteiger partial charge on any atom is -0.357 e. The third-order valence-electron chi connectivity index (χ3n) is 4.15. The van der Waals surface area contributed by atoms with Gasteiger partial charge in [0, 0.05) is 25.3 Å². The number of carbonyl (C=O) groups excluding carboxylic acids is 1. The summed E-state index contributed by atoms with van der Waals surface area (Å²) in [5.74, 6) is 2.22. The summed E-state index contributed by atoms with van der Waals surface area (Å²) < 4.78 is 0. The predicted molar refractivity (Wildman–Crippen MR) is 100 cm³/mol. The highest BCUT2D eigenvalue weighted by Gasteiger charge is 2.25. The molecule has 1 aromatic rings. The van der Waals surface area contributed by atoms with Crippen LogP contribution in [0.15, 0.2) is 35.3 Å². The molecule has 1 amide bonds. The number of carbonyl (C=O) groups is 1. The Morgan fingerprint density at radius 1 is 1.33 bits per heavy atom. The van der Waals surface area contributed by atoms with Crippen molar-refractivity contribution in [2.24, 2.45) is 16.8 Å². The molecule has 2 N–H and O–H groups in total. The fraction of sp³-hybridized carbons (Fsp3) is 0.579. The van der Waals surface area contributed by atoms with Crippen molar-refractivity contribution in [1.29, 1.82) is 0 Å². The number of para-hydroxylation sites is 1. The van der Waals surface area contributed by atoms with Gasteiger partial charge in [0.25, 0.3) is 0 Å². The average molecular weight is 330 g/mol. The Morgan fingerprint density at radius 2 is 2.08 bits per heavy atom. The van der Waals surface area contributed by atoms with E-state index in [0.717, 1.165) is 43.1 Å². The first-order valence-corrected chi connectivity index (χ1v) is 8.96. The molecule has 1 unspecified atom stereocenters. The summed E-state index contributed by atoms with van der Waals surface area (Å²) in [6.07, 6.45) is 2.46. The van der Waals surface area contributed by atoms with Gasteiger partial charge in [0.1, 0.15) is 6.54 Å². The van der Waals surface area contributed by atoms with E-state index in [9.17, 15) is 4.79 Å². The zero-order valence-corrected chi connectivity index (χ0v) is 15.1. The minimum atomic E-state index is -0.0884. The highest BCUT2D eigenvalue weighted by atomic mass is 16.1. The van der Waals surface area contributed by atoms with Gasteiger partial charge in [0.15, 0.2) is 5.96 Å². The summed E-state index contributed by atoms with van der Waals surface area (Å²) in [6.45, 7) is 9.61. The maximum absolute atomic E-state index is 12.1. The molecule has 1 aliphatic rings. The molecule has 5 heteroatoms. The van der Waals surface area contributed by atoms with Crippen molar-refractivity contribution in [1.82, 2.24) is 10.2 Å². The molecule has 1 atom stereocenters. The van der Waals surface area contributed by atoms with Gasteiger partial charge < -0.3 is 15.5 Å². The number of guanidine groups is 1. The number of nitrogens with one attached hydrogen (secondary N) is 2. The van der Waals surface area contributed by atoms with E-state index >= 15 is 0 Å². The summed E-state index contributed by atoms with van der Waals surface area (Å²) >= 11 is 0. The molecule has 1 saturated heterocycles. The Bertz CT molecular complexity index is 542. The van der Waals surface area contributed by atoms with Crippen LogP contribution >= 0.6 is 0 Å². The van der Waals surface area contributed by atoms with Gasteiger partial charge in [-0.1, -0.05) is 32.0 Å². The molecule has 1 aliphatic heterocycles. The lowest BCUT2D eigenvalue weighted by molar-refractivity contribution is -0.114. The summed E-state index contributed by atoms with van der Waals surface area (Å²) in [6, 6.07) is 9.50. The second-order valence-electron chi connectivity index (χ2n) is 6.81. The van der Waals surface area contributed by atoms with Crippen LogP contribution in [-0.2, 0) is 4.79 Å². The van der Waals surface area contributed by atoms with Gasteiger partial charge in [-0.3, -0.25) is 4.79 Å². The summed E-state index contributed by atoms with van der Waals surface area (Å²) in [4.78, 5) is 18.9. The van der Waals surface area contributed by atoms with Crippen LogP contribution in [0.3, 0.4) is 0 Å². The lowest BCUT2D eigenvalue weighted by Gasteiger charge is -2.22. The fourth-order valence-corrected chi connectivity index (χ4v) is 3.18. The maximum Gasteiger partial charge on any atom is 0.246 e. The quantitative estimate of drug-likeness (QED) is 0.623. The zero-order chi connectivity index (χ0) is 17.4. The van der Waals surface area contributed by atoms with E-state index in [-0.39, 0.29) is 12.5 Å². The van der Waals surface area contributed by atoms with Crippen molar-refractivity contribution in [3.8, 4) is 0 Å². The molecule has 24 heavy (non-hydrogen) atoms. The third kappa shape index (κ3) is 5.87. The standard InChI is InChI=1S/C19H30N4O/c1-4-20-19(23-11-10-16(14-23)12-15(2)3)21-13-18(24)22-17-8-6-5-7-9-17/h5-9,15-16H,4,10-14H2,1-3H3,(H,20,21)(H,22,24). The zero-order valence-electron chi connectivity index (χ0n) is 15.1. The first-order chi connectivity index (χ1) is 11.6. The van der Waals surface area contributed by atoms with Gasteiger partial charge in [-0.15, -0.1) is 0 Å². The molecule has 1 fully saturated rings. The van der Waals surface area contributed by atoms with E-state index in [2.05, 4.69) is 41.3 Å². The number of likely N-dealkylation sites (tertiary alicyclic amines) is 1. The smallest absolute Gasteiger partial charge is 0.246 e. The van der Waals surface area contributed by atoms with E-state index in [1.54, 1.807) is 0 Å². The van der Waals surface area contributed by atoms with Crippen LogP contribution in [0.1, 0.15) is 33.6 Å². The van der Waals surface area contributed by atoms with Gasteiger partial charge in [0.05, 0.1) is 0 Å². The number of hydrogen-bond acceptors (Lipinski definition) is 2. The molecular formula is C19H30N4O. The molecule has 132 valence electrons. The number of anilines is 1. The first-order valence-electron chi connectivity index (χ1n) is 8.96. The van der Waals surface area contributed by atoms with Crippen LogP contribution in [0.25, 0.3) is 0 Å². The Labute approximate surface area is 145 Å². The summed E-state index contributed by atoms with van der Waals surface area (Å²) in [7, 11) is 0. The van der Waals surface area contributed by atoms with Crippen LogP contribution in [0.5, 0.6) is 0 Å². The Morgan fingerprint density at radius 3 is 2.75 bits per heavy atom. The molecule has 0 aromatic heterocycles. The summed E-state index contributed by atoms with van der Waals surface area (Å²) in [5.41, 5.74) is 0.806. The van der Waals surface area contributed by atoms with Crippen LogP contribution in [0.2, 0.25) is 0 Å². The van der Waals surface area contributed by atoms with Crippen LogP contribution in [-0.4, -0.2) is 42.9 Å². The number of amides is 1. The lowest BCUT2D eigenvalue weighted by atomic mass is 9.97. The number of hydrogen-bond donors (Lipinski definition) is 2. The maximum atomic E-state index is 12.1. The first kappa shape index (κ1) is 18.3. The third-order valence-corrected chi connectivity index (χ3v) is 4.15. The van der Waals surface area contributed by atoms with Crippen molar-refractivity contribution >= 4 is 17.6 Å². The largest absolute Gasteiger partial charge is 0.357 e. The number of nitrogens with zero attached hydrogens (tertiary/aromatic N) is 2. The van der Waals surface area contributed by atoms with Crippen molar-refractivity contribution in [3.63, 3.8) is 0 Å². The molecule has 5 nitrogen and oxygen atoms in total. The van der Waals surface area contributed by atoms with Crippen molar-refractivity contribution in [3.05, 3.63) is 30.3 Å². The number of benzene rings is 1. The Balaban J connectivity index is 1.90. The molecule has 2 rings (SSSR count). The number of aliphatic imine (C=N–C) groups is 1. The van der Waals surface area contributed by atoms with E-state index in [1.165, 1.54) is 12.8 Å².